The summed E-state index contributed by atoms with van der Waals surface area (Å²) in [5.74, 6) is 0.0975. The maximum absolute atomic E-state index is 7.47. The summed E-state index contributed by atoms with van der Waals surface area (Å²) in [5.41, 5.74) is 14.9. The second-order valence-electron chi connectivity index (χ2n) is 4.88. The third-order valence-corrected chi connectivity index (χ3v) is 4.81. The van der Waals surface area contributed by atoms with Crippen molar-refractivity contribution in [3.05, 3.63) is 46.5 Å². The minimum atomic E-state index is 0.0471. The van der Waals surface area contributed by atoms with Crippen LogP contribution in [0.3, 0.4) is 0 Å². The molecule has 1 aromatic carbocycles. The van der Waals surface area contributed by atoms with Gasteiger partial charge in [-0.05, 0) is 30.4 Å². The first-order chi connectivity index (χ1) is 8.99. The number of benzene rings is 1. The fraction of sp³-hybridized carbons (Fsp3) is 0.357. The smallest absolute Gasteiger partial charge is 0.122 e. The van der Waals surface area contributed by atoms with E-state index in [1.165, 1.54) is 5.70 Å². The summed E-state index contributed by atoms with van der Waals surface area (Å²) >= 11 is 1.77. The average Bonchev–Trinajstić information content (AvgIpc) is 2.70. The van der Waals surface area contributed by atoms with Gasteiger partial charge in [0.15, 0.2) is 0 Å². The first-order valence-electron chi connectivity index (χ1n) is 6.23. The van der Waals surface area contributed by atoms with Gasteiger partial charge in [0, 0.05) is 24.4 Å². The number of nitrogens with zero attached hydrogens (tertiary/aromatic N) is 1. The Hall–Kier alpha value is -1.46. The number of hydrogen-bond acceptors (Lipinski definition) is 4. The summed E-state index contributed by atoms with van der Waals surface area (Å²) in [5, 5.41) is 9.89. The van der Waals surface area contributed by atoms with E-state index in [4.69, 9.17) is 16.9 Å². The van der Waals surface area contributed by atoms with Crippen LogP contribution < -0.4 is 11.5 Å². The van der Waals surface area contributed by atoms with E-state index in [2.05, 4.69) is 24.3 Å². The lowest BCUT2D eigenvalue weighted by atomic mass is 10.0. The predicted molar refractivity (Wildman–Crippen MR) is 82.0 cm³/mol. The quantitative estimate of drug-likeness (QED) is 0.578. The molecule has 1 heterocycles. The monoisotopic (exact) mass is 276 g/mol. The summed E-state index contributed by atoms with van der Waals surface area (Å²) in [4.78, 5) is 2.21. The van der Waals surface area contributed by atoms with Crippen molar-refractivity contribution >= 4 is 17.6 Å². The molecule has 2 rings (SSSR count). The van der Waals surface area contributed by atoms with Gasteiger partial charge in [-0.1, -0.05) is 18.2 Å². The molecule has 5 N–H and O–H groups in total. The van der Waals surface area contributed by atoms with Crippen LogP contribution in [0.15, 0.2) is 35.4 Å². The molecular weight excluding hydrogens is 256 g/mol. The minimum absolute atomic E-state index is 0.0471. The minimum Gasteiger partial charge on any atom is -0.384 e. The molecule has 0 amide bonds. The topological polar surface area (TPSA) is 79.1 Å². The van der Waals surface area contributed by atoms with Crippen LogP contribution in [0, 0.1) is 5.41 Å². The molecular formula is C14H20N4S. The molecule has 1 aliphatic rings. The summed E-state index contributed by atoms with van der Waals surface area (Å²) in [7, 11) is 2.07. The van der Waals surface area contributed by atoms with Crippen LogP contribution in [-0.4, -0.2) is 29.2 Å². The van der Waals surface area contributed by atoms with E-state index in [-0.39, 0.29) is 17.3 Å². The Morgan fingerprint density at radius 1 is 1.53 bits per heavy atom. The molecule has 2 atom stereocenters. The second kappa shape index (κ2) is 5.67. The molecule has 0 saturated carbocycles. The second-order valence-corrected chi connectivity index (χ2v) is 5.87. The summed E-state index contributed by atoms with van der Waals surface area (Å²) in [6.45, 7) is 2.09. The summed E-state index contributed by atoms with van der Waals surface area (Å²) in [6.07, 6.45) is 0.782. The molecule has 1 aromatic rings. The van der Waals surface area contributed by atoms with Crippen LogP contribution in [0.2, 0.25) is 0 Å². The lowest BCUT2D eigenvalue weighted by Gasteiger charge is -2.28. The molecule has 5 heteroatoms. The van der Waals surface area contributed by atoms with Gasteiger partial charge in [0.05, 0.1) is 5.37 Å². The largest absolute Gasteiger partial charge is 0.384 e. The Morgan fingerprint density at radius 3 is 2.84 bits per heavy atom. The highest BCUT2D eigenvalue weighted by atomic mass is 32.2. The zero-order chi connectivity index (χ0) is 14.0. The Morgan fingerprint density at radius 2 is 2.26 bits per heavy atom. The van der Waals surface area contributed by atoms with Crippen molar-refractivity contribution in [2.24, 2.45) is 11.5 Å². The molecule has 0 aliphatic carbocycles. The Bertz CT molecular complexity index is 512. The van der Waals surface area contributed by atoms with Crippen LogP contribution in [-0.2, 0) is 6.42 Å². The highest BCUT2D eigenvalue weighted by Gasteiger charge is 2.27. The third-order valence-electron chi connectivity index (χ3n) is 3.39. The number of rotatable bonds is 4. The highest BCUT2D eigenvalue weighted by Crippen LogP contribution is 2.31. The predicted octanol–water partition coefficient (Wildman–Crippen LogP) is 1.71. The van der Waals surface area contributed by atoms with Crippen molar-refractivity contribution in [2.45, 2.75) is 24.8 Å². The lowest BCUT2D eigenvalue weighted by molar-refractivity contribution is 0.356. The number of thioether (sulfide) groups is 1. The fourth-order valence-electron chi connectivity index (χ4n) is 2.17. The summed E-state index contributed by atoms with van der Waals surface area (Å²) in [6, 6.07) is 7.80. The zero-order valence-corrected chi connectivity index (χ0v) is 12.1. The van der Waals surface area contributed by atoms with Crippen LogP contribution in [0.1, 0.15) is 18.1 Å². The van der Waals surface area contributed by atoms with Crippen LogP contribution >= 0.6 is 11.8 Å². The van der Waals surface area contributed by atoms with Crippen molar-refractivity contribution in [1.82, 2.24) is 4.90 Å². The molecule has 19 heavy (non-hydrogen) atoms. The number of allylic oxidation sites excluding steroid dienone is 1. The number of likely N-dealkylation sites (N-methyl/N-ethyl adjacent to an activating group) is 1. The Kier molecular flexibility index (Phi) is 4.17. The zero-order valence-electron chi connectivity index (χ0n) is 11.3. The molecule has 0 aromatic heterocycles. The van der Waals surface area contributed by atoms with Crippen LogP contribution in [0.25, 0.3) is 0 Å². The van der Waals surface area contributed by atoms with E-state index in [9.17, 15) is 0 Å². The number of amidine groups is 1. The van der Waals surface area contributed by atoms with E-state index >= 15 is 0 Å². The standard InChI is InChI=1S/C14H20N4S/c1-9-8-19-14(18(9)2)12(15)7-10-4-3-5-11(6-10)13(16)17/h3-6,8,12,14H,7,15H2,1-2H3,(H3,16,17). The maximum Gasteiger partial charge on any atom is 0.122 e. The molecule has 0 saturated heterocycles. The van der Waals surface area contributed by atoms with Crippen LogP contribution in [0.4, 0.5) is 0 Å². The normalized spacial score (nSPS) is 20.3. The van der Waals surface area contributed by atoms with E-state index in [1.54, 1.807) is 11.8 Å². The van der Waals surface area contributed by atoms with Crippen molar-refractivity contribution in [3.63, 3.8) is 0 Å². The third kappa shape index (κ3) is 3.11. The fourth-order valence-corrected chi connectivity index (χ4v) is 3.32. The van der Waals surface area contributed by atoms with E-state index in [0.717, 1.165) is 17.5 Å². The first-order valence-corrected chi connectivity index (χ1v) is 7.17. The van der Waals surface area contributed by atoms with Crippen LogP contribution in [0.5, 0.6) is 0 Å². The molecule has 1 aliphatic heterocycles. The molecule has 2 unspecified atom stereocenters. The molecule has 0 fully saturated rings. The van der Waals surface area contributed by atoms with Gasteiger partial charge in [-0.25, -0.2) is 0 Å². The van der Waals surface area contributed by atoms with Gasteiger partial charge in [-0.15, -0.1) is 11.8 Å². The SMILES string of the molecule is CC1=CSC(C(N)Cc2cccc(C(=N)N)c2)N1C. The number of nitrogen functional groups attached to an aromatic ring is 1. The first kappa shape index (κ1) is 14.0. The molecule has 4 nitrogen and oxygen atoms in total. The van der Waals surface area contributed by atoms with E-state index in [0.29, 0.717) is 0 Å². The van der Waals surface area contributed by atoms with Gasteiger partial charge in [-0.2, -0.15) is 0 Å². The maximum atomic E-state index is 7.47. The van der Waals surface area contributed by atoms with Gasteiger partial charge < -0.3 is 16.4 Å². The van der Waals surface area contributed by atoms with Gasteiger partial charge >= 0.3 is 0 Å². The molecule has 102 valence electrons. The Labute approximate surface area is 118 Å². The molecule has 0 spiro atoms. The number of nitrogens with two attached hydrogens (primary N) is 2. The van der Waals surface area contributed by atoms with E-state index in [1.807, 2.05) is 24.3 Å². The van der Waals surface area contributed by atoms with Crippen molar-refractivity contribution < 1.29 is 0 Å². The molecule has 0 bridgehead atoms. The van der Waals surface area contributed by atoms with Crippen molar-refractivity contribution in [3.8, 4) is 0 Å². The van der Waals surface area contributed by atoms with Gasteiger partial charge in [0.1, 0.15) is 5.84 Å². The van der Waals surface area contributed by atoms with Gasteiger partial charge in [-0.3, -0.25) is 5.41 Å². The Balaban J connectivity index is 2.05. The molecule has 0 radical (unpaired) electrons. The highest BCUT2D eigenvalue weighted by molar-refractivity contribution is 8.03. The van der Waals surface area contributed by atoms with Gasteiger partial charge in [0.25, 0.3) is 0 Å². The van der Waals surface area contributed by atoms with Gasteiger partial charge in [0.2, 0.25) is 0 Å². The van der Waals surface area contributed by atoms with Crippen molar-refractivity contribution in [2.75, 3.05) is 7.05 Å². The summed E-state index contributed by atoms with van der Waals surface area (Å²) < 4.78 is 0. The lowest BCUT2D eigenvalue weighted by Crippen LogP contribution is -2.42. The number of nitrogens with one attached hydrogen (secondary N) is 1. The van der Waals surface area contributed by atoms with Crippen molar-refractivity contribution in [1.29, 1.82) is 5.41 Å². The number of hydrogen-bond donors (Lipinski definition) is 3. The average molecular weight is 276 g/mol. The van der Waals surface area contributed by atoms with E-state index < -0.39 is 0 Å².